The lowest BCUT2D eigenvalue weighted by Crippen LogP contribution is -2.46. The van der Waals surface area contributed by atoms with Gasteiger partial charge in [0.15, 0.2) is 5.96 Å². The average molecular weight is 371 g/mol. The molecule has 0 saturated heterocycles. The molecule has 1 fully saturated rings. The zero-order valence-corrected chi connectivity index (χ0v) is 13.9. The van der Waals surface area contributed by atoms with Crippen molar-refractivity contribution in [1.29, 1.82) is 0 Å². The molecular weight excluding hydrogens is 345 g/mol. The summed E-state index contributed by atoms with van der Waals surface area (Å²) in [6.45, 7) is 5.98. The van der Waals surface area contributed by atoms with Gasteiger partial charge in [-0.2, -0.15) is 0 Å². The highest BCUT2D eigenvalue weighted by Crippen LogP contribution is 2.31. The van der Waals surface area contributed by atoms with Gasteiger partial charge in [0.2, 0.25) is 0 Å². The number of aliphatic hydroxyl groups is 1. The fraction of sp³-hybridized carbons (Fsp3) is 0.917. The standard InChI is InChI=1S/C12H25N3O2.HI/c1-4-13-11(15-10(2)8-17-3)14-9-12(16)6-5-7-12;/h10,16H,4-9H2,1-3H3,(H2,13,14,15);1H. The van der Waals surface area contributed by atoms with Crippen molar-refractivity contribution in [3.05, 3.63) is 0 Å². The highest BCUT2D eigenvalue weighted by Gasteiger charge is 2.34. The lowest BCUT2D eigenvalue weighted by molar-refractivity contribution is -0.0236. The quantitative estimate of drug-likeness (QED) is 0.372. The summed E-state index contributed by atoms with van der Waals surface area (Å²) in [7, 11) is 1.68. The molecule has 1 saturated carbocycles. The van der Waals surface area contributed by atoms with Crippen molar-refractivity contribution in [2.75, 3.05) is 26.8 Å². The van der Waals surface area contributed by atoms with Crippen LogP contribution in [0.15, 0.2) is 4.99 Å². The molecule has 6 heteroatoms. The molecule has 5 nitrogen and oxygen atoms in total. The van der Waals surface area contributed by atoms with Crippen LogP contribution in [0.1, 0.15) is 33.1 Å². The third-order valence-corrected chi connectivity index (χ3v) is 2.96. The maximum Gasteiger partial charge on any atom is 0.191 e. The molecule has 1 aliphatic carbocycles. The van der Waals surface area contributed by atoms with Gasteiger partial charge in [0, 0.05) is 19.7 Å². The smallest absolute Gasteiger partial charge is 0.191 e. The van der Waals surface area contributed by atoms with Gasteiger partial charge in [-0.3, -0.25) is 4.99 Å². The van der Waals surface area contributed by atoms with E-state index in [2.05, 4.69) is 15.6 Å². The van der Waals surface area contributed by atoms with E-state index < -0.39 is 5.60 Å². The first-order chi connectivity index (χ1) is 8.09. The molecule has 0 aromatic heterocycles. The lowest BCUT2D eigenvalue weighted by Gasteiger charge is -2.35. The molecule has 0 spiro atoms. The minimum atomic E-state index is -0.563. The van der Waals surface area contributed by atoms with E-state index in [-0.39, 0.29) is 30.0 Å². The molecule has 1 atom stereocenters. The van der Waals surface area contributed by atoms with Crippen LogP contribution in [0.2, 0.25) is 0 Å². The Bertz CT molecular complexity index is 258. The first-order valence-corrected chi connectivity index (χ1v) is 6.36. The van der Waals surface area contributed by atoms with Crippen molar-refractivity contribution in [2.45, 2.75) is 44.8 Å². The molecule has 0 bridgehead atoms. The number of hydrogen-bond donors (Lipinski definition) is 3. The largest absolute Gasteiger partial charge is 0.388 e. The average Bonchev–Trinajstić information content (AvgIpc) is 2.24. The summed E-state index contributed by atoms with van der Waals surface area (Å²) in [4.78, 5) is 4.42. The first-order valence-electron chi connectivity index (χ1n) is 6.36. The minimum absolute atomic E-state index is 0. The summed E-state index contributed by atoms with van der Waals surface area (Å²) in [5.74, 6) is 0.748. The molecule has 1 unspecified atom stereocenters. The molecular formula is C12H26IN3O2. The molecule has 1 rings (SSSR count). The zero-order chi connectivity index (χ0) is 12.7. The van der Waals surface area contributed by atoms with Gasteiger partial charge in [-0.15, -0.1) is 24.0 Å². The summed E-state index contributed by atoms with van der Waals surface area (Å²) in [5.41, 5.74) is -0.563. The molecule has 0 radical (unpaired) electrons. The topological polar surface area (TPSA) is 65.9 Å². The van der Waals surface area contributed by atoms with Gasteiger partial charge in [0.1, 0.15) is 0 Å². The number of nitrogens with zero attached hydrogens (tertiary/aromatic N) is 1. The van der Waals surface area contributed by atoms with E-state index in [0.29, 0.717) is 13.2 Å². The number of methoxy groups -OCH3 is 1. The number of halogens is 1. The molecule has 0 aliphatic heterocycles. The number of aliphatic imine (C=N–C) groups is 1. The van der Waals surface area contributed by atoms with Crippen LogP contribution >= 0.6 is 24.0 Å². The van der Waals surface area contributed by atoms with Gasteiger partial charge >= 0.3 is 0 Å². The van der Waals surface area contributed by atoms with Crippen molar-refractivity contribution in [2.24, 2.45) is 4.99 Å². The van der Waals surface area contributed by atoms with E-state index in [0.717, 1.165) is 31.8 Å². The van der Waals surface area contributed by atoms with Crippen LogP contribution in [-0.4, -0.2) is 49.5 Å². The van der Waals surface area contributed by atoms with Gasteiger partial charge < -0.3 is 20.5 Å². The van der Waals surface area contributed by atoms with Crippen LogP contribution in [0.3, 0.4) is 0 Å². The fourth-order valence-corrected chi connectivity index (χ4v) is 1.81. The molecule has 0 amide bonds. The van der Waals surface area contributed by atoms with Gasteiger partial charge in [-0.25, -0.2) is 0 Å². The second-order valence-electron chi connectivity index (χ2n) is 4.77. The van der Waals surface area contributed by atoms with E-state index in [4.69, 9.17) is 4.74 Å². The van der Waals surface area contributed by atoms with Crippen LogP contribution in [0, 0.1) is 0 Å². The Kier molecular flexibility index (Phi) is 8.89. The van der Waals surface area contributed by atoms with Crippen LogP contribution in [-0.2, 0) is 4.74 Å². The monoisotopic (exact) mass is 371 g/mol. The second kappa shape index (κ2) is 8.92. The van der Waals surface area contributed by atoms with Crippen LogP contribution in [0.5, 0.6) is 0 Å². The minimum Gasteiger partial charge on any atom is -0.388 e. The predicted octanol–water partition coefficient (Wildman–Crippen LogP) is 1.11. The lowest BCUT2D eigenvalue weighted by atomic mass is 9.80. The maximum absolute atomic E-state index is 9.98. The molecule has 3 N–H and O–H groups in total. The summed E-state index contributed by atoms with van der Waals surface area (Å²) >= 11 is 0. The Hall–Kier alpha value is -0.0800. The van der Waals surface area contributed by atoms with E-state index in [1.54, 1.807) is 7.11 Å². The summed E-state index contributed by atoms with van der Waals surface area (Å²) in [5, 5.41) is 16.4. The molecule has 0 aromatic carbocycles. The van der Waals surface area contributed by atoms with Crippen molar-refractivity contribution in [3.63, 3.8) is 0 Å². The maximum atomic E-state index is 9.98. The van der Waals surface area contributed by atoms with E-state index in [1.807, 2.05) is 13.8 Å². The first kappa shape index (κ1) is 17.9. The summed E-state index contributed by atoms with van der Waals surface area (Å²) in [6.07, 6.45) is 2.84. The van der Waals surface area contributed by atoms with E-state index in [9.17, 15) is 5.11 Å². The van der Waals surface area contributed by atoms with Crippen molar-refractivity contribution >= 4 is 29.9 Å². The van der Waals surface area contributed by atoms with E-state index >= 15 is 0 Å². The Morgan fingerprint density at radius 2 is 2.17 bits per heavy atom. The predicted molar refractivity (Wildman–Crippen MR) is 84.7 cm³/mol. The Morgan fingerprint density at radius 1 is 1.50 bits per heavy atom. The number of rotatable bonds is 6. The molecule has 18 heavy (non-hydrogen) atoms. The second-order valence-corrected chi connectivity index (χ2v) is 4.77. The van der Waals surface area contributed by atoms with Crippen molar-refractivity contribution in [3.8, 4) is 0 Å². The van der Waals surface area contributed by atoms with Crippen LogP contribution in [0.4, 0.5) is 0 Å². The van der Waals surface area contributed by atoms with Crippen LogP contribution in [0.25, 0.3) is 0 Å². The highest BCUT2D eigenvalue weighted by atomic mass is 127. The van der Waals surface area contributed by atoms with Crippen molar-refractivity contribution < 1.29 is 9.84 Å². The fourth-order valence-electron chi connectivity index (χ4n) is 1.81. The van der Waals surface area contributed by atoms with Gasteiger partial charge in [0.05, 0.1) is 18.8 Å². The van der Waals surface area contributed by atoms with Gasteiger partial charge in [0.25, 0.3) is 0 Å². The number of guanidine groups is 1. The number of ether oxygens (including phenoxy) is 1. The Labute approximate surface area is 127 Å². The third-order valence-electron chi connectivity index (χ3n) is 2.96. The van der Waals surface area contributed by atoms with Crippen molar-refractivity contribution in [1.82, 2.24) is 10.6 Å². The number of hydrogen-bond acceptors (Lipinski definition) is 3. The van der Waals surface area contributed by atoms with Gasteiger partial charge in [-0.05, 0) is 33.1 Å². The summed E-state index contributed by atoms with van der Waals surface area (Å²) < 4.78 is 5.07. The third kappa shape index (κ3) is 6.19. The van der Waals surface area contributed by atoms with Crippen LogP contribution < -0.4 is 10.6 Å². The normalized spacial score (nSPS) is 19.4. The summed E-state index contributed by atoms with van der Waals surface area (Å²) in [6, 6.07) is 0.203. The highest BCUT2D eigenvalue weighted by molar-refractivity contribution is 14.0. The van der Waals surface area contributed by atoms with E-state index in [1.165, 1.54) is 0 Å². The SMILES string of the molecule is CCNC(=NCC1(O)CCC1)NC(C)COC.I. The molecule has 0 heterocycles. The number of nitrogens with one attached hydrogen (secondary N) is 2. The Morgan fingerprint density at radius 3 is 2.61 bits per heavy atom. The zero-order valence-electron chi connectivity index (χ0n) is 11.5. The molecule has 1 aliphatic rings. The van der Waals surface area contributed by atoms with Gasteiger partial charge in [-0.1, -0.05) is 0 Å². The Balaban J connectivity index is 0.00000289. The molecule has 108 valence electrons. The molecule has 0 aromatic rings.